The lowest BCUT2D eigenvalue weighted by molar-refractivity contribution is 0.768. The fourth-order valence-corrected chi connectivity index (χ4v) is 0.926. The van der Waals surface area contributed by atoms with Crippen molar-refractivity contribution < 1.29 is 0 Å². The van der Waals surface area contributed by atoms with E-state index in [1.165, 1.54) is 0 Å². The van der Waals surface area contributed by atoms with E-state index in [-0.39, 0.29) is 10.7 Å². The van der Waals surface area contributed by atoms with Gasteiger partial charge in [0.05, 0.1) is 5.03 Å². The third kappa shape index (κ3) is 1.75. The summed E-state index contributed by atoms with van der Waals surface area (Å²) in [7, 11) is 0. The Balaban J connectivity index is 2.75. The average molecular weight is 185 g/mol. The lowest BCUT2D eigenvalue weighted by Crippen LogP contribution is -2.21. The Morgan fingerprint density at radius 2 is 2.22 bits per heavy atom. The number of allylic oxidation sites excluding steroid dienone is 1. The van der Waals surface area contributed by atoms with Crippen molar-refractivity contribution in [3.8, 4) is 0 Å². The molecule has 1 atom stereocenters. The van der Waals surface area contributed by atoms with E-state index in [0.717, 1.165) is 0 Å². The van der Waals surface area contributed by atoms with E-state index in [4.69, 9.17) is 34.8 Å². The Morgan fingerprint density at radius 1 is 1.56 bits per heavy atom. The van der Waals surface area contributed by atoms with Crippen molar-refractivity contribution in [3.63, 3.8) is 0 Å². The van der Waals surface area contributed by atoms with Crippen molar-refractivity contribution in [2.24, 2.45) is 5.10 Å². The second kappa shape index (κ2) is 2.78. The second-order valence-corrected chi connectivity index (χ2v) is 2.68. The molecular formula is C4H3Cl3N2. The van der Waals surface area contributed by atoms with Crippen molar-refractivity contribution in [1.82, 2.24) is 5.43 Å². The van der Waals surface area contributed by atoms with E-state index >= 15 is 0 Å². The molecule has 0 amide bonds. The van der Waals surface area contributed by atoms with Gasteiger partial charge in [-0.15, -0.1) is 0 Å². The molecule has 0 fully saturated rings. The number of halogens is 3. The van der Waals surface area contributed by atoms with Gasteiger partial charge < -0.3 is 0 Å². The molecule has 0 aromatic heterocycles. The zero-order valence-corrected chi connectivity index (χ0v) is 6.50. The zero-order chi connectivity index (χ0) is 6.85. The summed E-state index contributed by atoms with van der Waals surface area (Å²) >= 11 is 16.5. The lowest BCUT2D eigenvalue weighted by Gasteiger charge is -2.09. The van der Waals surface area contributed by atoms with Gasteiger partial charge in [0, 0.05) is 0 Å². The van der Waals surface area contributed by atoms with E-state index in [0.29, 0.717) is 5.03 Å². The SMILES string of the molecule is ClC1=CC(Cl)NN=C1Cl. The van der Waals surface area contributed by atoms with E-state index < -0.39 is 0 Å². The highest BCUT2D eigenvalue weighted by molar-refractivity contribution is 6.76. The minimum absolute atomic E-state index is 0.244. The number of rotatable bonds is 0. The van der Waals surface area contributed by atoms with Crippen LogP contribution in [0.3, 0.4) is 0 Å². The maximum absolute atomic E-state index is 5.54. The molecule has 2 nitrogen and oxygen atoms in total. The predicted octanol–water partition coefficient (Wildman–Crippen LogP) is 1.83. The minimum Gasteiger partial charge on any atom is -0.287 e. The minimum atomic E-state index is -0.347. The second-order valence-electron chi connectivity index (χ2n) is 1.45. The molecule has 0 radical (unpaired) electrons. The molecule has 50 valence electrons. The summed E-state index contributed by atoms with van der Waals surface area (Å²) in [5, 5.41) is 4.22. The fraction of sp³-hybridized carbons (Fsp3) is 0.250. The van der Waals surface area contributed by atoms with E-state index in [1.807, 2.05) is 0 Å². The number of hydrogen-bond acceptors (Lipinski definition) is 2. The molecule has 1 aliphatic rings. The molecule has 0 bridgehead atoms. The average Bonchev–Trinajstić information content (AvgIpc) is 1.80. The molecule has 1 N–H and O–H groups in total. The summed E-state index contributed by atoms with van der Waals surface area (Å²) in [4.78, 5) is 0. The van der Waals surface area contributed by atoms with Gasteiger partial charge in [0.15, 0.2) is 5.17 Å². The largest absolute Gasteiger partial charge is 0.287 e. The molecule has 9 heavy (non-hydrogen) atoms. The van der Waals surface area contributed by atoms with Crippen LogP contribution in [0.15, 0.2) is 16.2 Å². The Kier molecular flexibility index (Phi) is 2.22. The van der Waals surface area contributed by atoms with Gasteiger partial charge >= 0.3 is 0 Å². The van der Waals surface area contributed by atoms with Gasteiger partial charge in [0.1, 0.15) is 5.50 Å². The Bertz CT molecular complexity index is 175. The monoisotopic (exact) mass is 184 g/mol. The van der Waals surface area contributed by atoms with Crippen LogP contribution < -0.4 is 5.43 Å². The van der Waals surface area contributed by atoms with E-state index in [9.17, 15) is 0 Å². The number of hydrogen-bond donors (Lipinski definition) is 1. The third-order valence-electron chi connectivity index (χ3n) is 0.776. The van der Waals surface area contributed by atoms with Crippen molar-refractivity contribution >= 4 is 40.0 Å². The number of hydrazone groups is 1. The van der Waals surface area contributed by atoms with Crippen molar-refractivity contribution in [3.05, 3.63) is 11.1 Å². The van der Waals surface area contributed by atoms with Crippen molar-refractivity contribution in [2.45, 2.75) is 5.50 Å². The molecule has 0 saturated heterocycles. The first-order valence-electron chi connectivity index (χ1n) is 2.20. The molecule has 0 aromatic carbocycles. The van der Waals surface area contributed by atoms with Crippen molar-refractivity contribution in [2.75, 3.05) is 0 Å². The van der Waals surface area contributed by atoms with Crippen LogP contribution in [0.1, 0.15) is 0 Å². The summed E-state index contributed by atoms with van der Waals surface area (Å²) in [6.07, 6.45) is 1.57. The molecular weight excluding hydrogens is 182 g/mol. The van der Waals surface area contributed by atoms with E-state index in [2.05, 4.69) is 10.5 Å². The zero-order valence-electron chi connectivity index (χ0n) is 4.24. The van der Waals surface area contributed by atoms with Crippen LogP contribution in [0.2, 0.25) is 0 Å². The highest BCUT2D eigenvalue weighted by Gasteiger charge is 2.09. The topological polar surface area (TPSA) is 24.4 Å². The molecule has 0 aromatic rings. The molecule has 1 heterocycles. The summed E-state index contributed by atoms with van der Waals surface area (Å²) < 4.78 is 0. The Morgan fingerprint density at radius 3 is 2.67 bits per heavy atom. The Labute approximate surface area is 67.5 Å². The third-order valence-corrected chi connectivity index (χ3v) is 1.69. The van der Waals surface area contributed by atoms with Gasteiger partial charge in [-0.1, -0.05) is 34.8 Å². The molecule has 1 unspecified atom stereocenters. The fourth-order valence-electron chi connectivity index (χ4n) is 0.406. The number of nitrogens with one attached hydrogen (secondary N) is 1. The van der Waals surface area contributed by atoms with Crippen LogP contribution in [0.5, 0.6) is 0 Å². The van der Waals surface area contributed by atoms with Crippen LogP contribution in [0, 0.1) is 0 Å². The highest BCUT2D eigenvalue weighted by Crippen LogP contribution is 2.14. The van der Waals surface area contributed by atoms with Crippen LogP contribution in [-0.4, -0.2) is 10.7 Å². The predicted molar refractivity (Wildman–Crippen MR) is 40.0 cm³/mol. The Hall–Kier alpha value is 0.0800. The lowest BCUT2D eigenvalue weighted by atomic mass is 10.5. The highest BCUT2D eigenvalue weighted by atomic mass is 35.5. The van der Waals surface area contributed by atoms with Gasteiger partial charge in [-0.25, -0.2) is 0 Å². The standard InChI is InChI=1S/C4H3Cl3N2/c5-2-1-3(6)8-9-4(2)7/h1,3,8H. The van der Waals surface area contributed by atoms with Gasteiger partial charge in [-0.2, -0.15) is 5.10 Å². The summed E-state index contributed by atoms with van der Waals surface area (Å²) in [5.74, 6) is 0. The smallest absolute Gasteiger partial charge is 0.167 e. The van der Waals surface area contributed by atoms with Crippen LogP contribution in [0.4, 0.5) is 0 Å². The molecule has 1 rings (SSSR count). The van der Waals surface area contributed by atoms with E-state index in [1.54, 1.807) is 6.08 Å². The molecule has 1 aliphatic heterocycles. The van der Waals surface area contributed by atoms with Gasteiger partial charge in [0.2, 0.25) is 0 Å². The summed E-state index contributed by atoms with van der Waals surface area (Å²) in [6.45, 7) is 0. The van der Waals surface area contributed by atoms with Crippen LogP contribution >= 0.6 is 34.8 Å². The van der Waals surface area contributed by atoms with Crippen LogP contribution in [-0.2, 0) is 0 Å². The van der Waals surface area contributed by atoms with Crippen LogP contribution in [0.25, 0.3) is 0 Å². The van der Waals surface area contributed by atoms with Gasteiger partial charge in [-0.05, 0) is 6.08 Å². The summed E-state index contributed by atoms with van der Waals surface area (Å²) in [5.41, 5.74) is 2.18. The molecule has 0 saturated carbocycles. The number of alkyl halides is 1. The van der Waals surface area contributed by atoms with Gasteiger partial charge in [-0.3, -0.25) is 5.43 Å². The normalized spacial score (nSPS) is 26.3. The number of nitrogens with zero attached hydrogens (tertiary/aromatic N) is 1. The molecule has 5 heteroatoms. The first-order valence-corrected chi connectivity index (χ1v) is 3.40. The first-order chi connectivity index (χ1) is 4.20. The summed E-state index contributed by atoms with van der Waals surface area (Å²) in [6, 6.07) is 0. The first kappa shape index (κ1) is 7.19. The molecule has 0 aliphatic carbocycles. The maximum Gasteiger partial charge on any atom is 0.167 e. The van der Waals surface area contributed by atoms with Crippen molar-refractivity contribution in [1.29, 1.82) is 0 Å². The maximum atomic E-state index is 5.54. The quantitative estimate of drug-likeness (QED) is 0.452. The molecule has 0 spiro atoms. The van der Waals surface area contributed by atoms with Gasteiger partial charge in [0.25, 0.3) is 0 Å².